The van der Waals surface area contributed by atoms with E-state index in [4.69, 9.17) is 16.3 Å². The van der Waals surface area contributed by atoms with E-state index in [2.05, 4.69) is 20.3 Å². The Labute approximate surface area is 195 Å². The average molecular weight is 473 g/mol. The van der Waals surface area contributed by atoms with Crippen LogP contribution in [0.15, 0.2) is 30.7 Å². The van der Waals surface area contributed by atoms with Gasteiger partial charge >= 0.3 is 0 Å². The van der Waals surface area contributed by atoms with Gasteiger partial charge in [0.2, 0.25) is 0 Å². The highest BCUT2D eigenvalue weighted by Gasteiger charge is 2.36. The van der Waals surface area contributed by atoms with Crippen LogP contribution in [-0.2, 0) is 6.42 Å². The monoisotopic (exact) mass is 472 g/mol. The Morgan fingerprint density at radius 3 is 2.76 bits per heavy atom. The van der Waals surface area contributed by atoms with E-state index in [0.29, 0.717) is 60.3 Å². The summed E-state index contributed by atoms with van der Waals surface area (Å²) >= 11 is 5.98. The number of anilines is 2. The summed E-state index contributed by atoms with van der Waals surface area (Å²) in [6, 6.07) is 3.84. The van der Waals surface area contributed by atoms with Gasteiger partial charge in [-0.15, -0.1) is 0 Å². The Kier molecular flexibility index (Phi) is 5.61. The SMILES string of the molecule is C[C@@]1(CO)Cc2cc(NC(=O)c3cnn4cc(Cl)cnc34)c(N3CCN(CO)CC3)cc2O1. The minimum Gasteiger partial charge on any atom is -0.484 e. The van der Waals surface area contributed by atoms with Crippen LogP contribution in [0.4, 0.5) is 11.4 Å². The summed E-state index contributed by atoms with van der Waals surface area (Å²) < 4.78 is 7.51. The Balaban J connectivity index is 1.49. The van der Waals surface area contributed by atoms with Gasteiger partial charge in [0.1, 0.15) is 16.9 Å². The second kappa shape index (κ2) is 8.45. The van der Waals surface area contributed by atoms with Gasteiger partial charge in [0.15, 0.2) is 5.65 Å². The highest BCUT2D eigenvalue weighted by atomic mass is 35.5. The third-order valence-electron chi connectivity index (χ3n) is 6.16. The van der Waals surface area contributed by atoms with Crippen LogP contribution < -0.4 is 15.0 Å². The fourth-order valence-electron chi connectivity index (χ4n) is 4.33. The van der Waals surface area contributed by atoms with Crippen LogP contribution >= 0.6 is 11.6 Å². The predicted molar refractivity (Wildman–Crippen MR) is 123 cm³/mol. The molecule has 1 atom stereocenters. The van der Waals surface area contributed by atoms with Crippen molar-refractivity contribution in [3.05, 3.63) is 46.9 Å². The van der Waals surface area contributed by atoms with Crippen molar-refractivity contribution in [1.29, 1.82) is 0 Å². The summed E-state index contributed by atoms with van der Waals surface area (Å²) in [5, 5.41) is 26.8. The number of piperazine rings is 1. The molecule has 174 valence electrons. The van der Waals surface area contributed by atoms with Crippen LogP contribution in [-0.4, -0.2) is 80.7 Å². The molecule has 1 amide bonds. The van der Waals surface area contributed by atoms with Crippen molar-refractivity contribution in [3.8, 4) is 5.75 Å². The zero-order valence-electron chi connectivity index (χ0n) is 18.2. The normalized spacial score (nSPS) is 20.7. The highest BCUT2D eigenvalue weighted by Crippen LogP contribution is 2.42. The van der Waals surface area contributed by atoms with Gasteiger partial charge in [-0.3, -0.25) is 9.69 Å². The summed E-state index contributed by atoms with van der Waals surface area (Å²) in [7, 11) is 0. The van der Waals surface area contributed by atoms with Crippen LogP contribution in [0.2, 0.25) is 5.02 Å². The molecule has 3 N–H and O–H groups in total. The van der Waals surface area contributed by atoms with E-state index in [1.807, 2.05) is 24.0 Å². The van der Waals surface area contributed by atoms with Gasteiger partial charge in [0.25, 0.3) is 5.91 Å². The maximum Gasteiger partial charge on any atom is 0.261 e. The van der Waals surface area contributed by atoms with Crippen molar-refractivity contribution < 1.29 is 19.7 Å². The molecule has 2 aromatic heterocycles. The number of benzene rings is 1. The lowest BCUT2D eigenvalue weighted by Crippen LogP contribution is -2.46. The zero-order valence-corrected chi connectivity index (χ0v) is 18.9. The number of halogens is 1. The molecule has 0 saturated carbocycles. The number of hydrogen-bond acceptors (Lipinski definition) is 8. The molecule has 0 unspecified atom stereocenters. The molecule has 4 heterocycles. The van der Waals surface area contributed by atoms with E-state index < -0.39 is 5.60 Å². The number of aliphatic hydroxyl groups excluding tert-OH is 2. The maximum absolute atomic E-state index is 13.2. The Morgan fingerprint density at radius 1 is 1.24 bits per heavy atom. The van der Waals surface area contributed by atoms with Gasteiger partial charge in [-0.25, -0.2) is 9.50 Å². The number of hydrogen-bond donors (Lipinski definition) is 3. The van der Waals surface area contributed by atoms with Gasteiger partial charge in [-0.1, -0.05) is 11.6 Å². The smallest absolute Gasteiger partial charge is 0.261 e. The lowest BCUT2D eigenvalue weighted by molar-refractivity contribution is 0.0446. The molecule has 1 aromatic carbocycles. The number of aliphatic hydroxyl groups is 2. The van der Waals surface area contributed by atoms with Crippen molar-refractivity contribution in [2.45, 2.75) is 18.9 Å². The number of amides is 1. The number of nitrogens with zero attached hydrogens (tertiary/aromatic N) is 5. The standard InChI is InChI=1S/C22H25ClN6O4/c1-22(12-30)8-14-6-17(18(7-19(14)33-22)28-4-2-27(13-31)3-5-28)26-21(32)16-10-25-29-11-15(23)9-24-20(16)29/h6-7,9-11,30-31H,2-5,8,12-13H2,1H3,(H,26,32)/t22-/m0/s1. The van der Waals surface area contributed by atoms with Gasteiger partial charge < -0.3 is 25.2 Å². The van der Waals surface area contributed by atoms with Gasteiger partial charge in [0.05, 0.1) is 42.1 Å². The quantitative estimate of drug-likeness (QED) is 0.510. The highest BCUT2D eigenvalue weighted by molar-refractivity contribution is 6.30. The summed E-state index contributed by atoms with van der Waals surface area (Å²) in [5.74, 6) is 0.371. The van der Waals surface area contributed by atoms with Crippen LogP contribution in [0.25, 0.3) is 5.65 Å². The first kappa shape index (κ1) is 21.9. The summed E-state index contributed by atoms with van der Waals surface area (Å²) in [6.07, 6.45) is 5.07. The minimum absolute atomic E-state index is 0.0192. The van der Waals surface area contributed by atoms with Crippen molar-refractivity contribution in [1.82, 2.24) is 19.5 Å². The fourth-order valence-corrected chi connectivity index (χ4v) is 4.47. The molecular weight excluding hydrogens is 448 g/mol. The van der Waals surface area contributed by atoms with Crippen molar-refractivity contribution >= 4 is 34.5 Å². The van der Waals surface area contributed by atoms with Gasteiger partial charge in [0, 0.05) is 50.4 Å². The molecule has 10 nitrogen and oxygen atoms in total. The number of carbonyl (C=O) groups is 1. The molecule has 0 radical (unpaired) electrons. The fraction of sp³-hybridized carbons (Fsp3) is 0.409. The number of carbonyl (C=O) groups excluding carboxylic acids is 1. The average Bonchev–Trinajstić information content (AvgIpc) is 3.38. The van der Waals surface area contributed by atoms with Crippen LogP contribution in [0.1, 0.15) is 22.8 Å². The van der Waals surface area contributed by atoms with Gasteiger partial charge in [-0.05, 0) is 13.0 Å². The molecule has 1 fully saturated rings. The third kappa shape index (κ3) is 4.10. The lowest BCUT2D eigenvalue weighted by Gasteiger charge is -2.36. The molecule has 33 heavy (non-hydrogen) atoms. The Hall–Kier alpha value is -2.92. The van der Waals surface area contributed by atoms with E-state index in [9.17, 15) is 15.0 Å². The van der Waals surface area contributed by atoms with Crippen LogP contribution in [0, 0.1) is 0 Å². The minimum atomic E-state index is -0.691. The second-order valence-electron chi connectivity index (χ2n) is 8.66. The molecule has 11 heteroatoms. The van der Waals surface area contributed by atoms with E-state index in [-0.39, 0.29) is 19.2 Å². The van der Waals surface area contributed by atoms with Crippen LogP contribution in [0.3, 0.4) is 0 Å². The van der Waals surface area contributed by atoms with Gasteiger partial charge in [-0.2, -0.15) is 5.10 Å². The number of rotatable bonds is 5. The number of fused-ring (bicyclic) bond motifs is 2. The van der Waals surface area contributed by atoms with Crippen molar-refractivity contribution in [2.75, 3.05) is 49.7 Å². The molecule has 0 aliphatic carbocycles. The molecule has 2 aliphatic heterocycles. The van der Waals surface area contributed by atoms with E-state index in [0.717, 1.165) is 11.3 Å². The zero-order chi connectivity index (χ0) is 23.2. The molecule has 3 aromatic rings. The Morgan fingerprint density at radius 2 is 2.03 bits per heavy atom. The maximum atomic E-state index is 13.2. The molecule has 2 aliphatic rings. The summed E-state index contributed by atoms with van der Waals surface area (Å²) in [4.78, 5) is 21.6. The first-order valence-electron chi connectivity index (χ1n) is 10.7. The summed E-state index contributed by atoms with van der Waals surface area (Å²) in [6.45, 7) is 4.56. The molecule has 0 bridgehead atoms. The van der Waals surface area contributed by atoms with E-state index in [1.54, 1.807) is 6.20 Å². The van der Waals surface area contributed by atoms with Crippen LogP contribution in [0.5, 0.6) is 5.75 Å². The van der Waals surface area contributed by atoms with E-state index >= 15 is 0 Å². The predicted octanol–water partition coefficient (Wildman–Crippen LogP) is 1.39. The third-order valence-corrected chi connectivity index (χ3v) is 6.36. The van der Waals surface area contributed by atoms with Crippen molar-refractivity contribution in [3.63, 3.8) is 0 Å². The first-order valence-corrected chi connectivity index (χ1v) is 11.1. The molecule has 5 rings (SSSR count). The topological polar surface area (TPSA) is 115 Å². The largest absolute Gasteiger partial charge is 0.484 e. The molecule has 0 spiro atoms. The summed E-state index contributed by atoms with van der Waals surface area (Å²) in [5.41, 5.74) is 2.45. The number of nitrogens with one attached hydrogen (secondary N) is 1. The van der Waals surface area contributed by atoms with E-state index in [1.165, 1.54) is 16.9 Å². The number of aromatic nitrogens is 3. The molecular formula is C22H25ClN6O4. The van der Waals surface area contributed by atoms with Crippen molar-refractivity contribution in [2.24, 2.45) is 0 Å². The first-order chi connectivity index (χ1) is 15.9. The number of ether oxygens (including phenoxy) is 1. The molecule has 1 saturated heterocycles. The second-order valence-corrected chi connectivity index (χ2v) is 9.10. The lowest BCUT2D eigenvalue weighted by atomic mass is 9.99. The Bertz CT molecular complexity index is 1210.